The Morgan fingerprint density at radius 2 is 2.29 bits per heavy atom. The fourth-order valence-electron chi connectivity index (χ4n) is 1.27. The molecule has 68 valence electrons. The zero-order valence-corrected chi connectivity index (χ0v) is 13.3. The summed E-state index contributed by atoms with van der Waals surface area (Å²) in [6, 6.07) is 7.85. The number of imidazole rings is 1. The number of rotatable bonds is 2. The first-order valence-corrected chi connectivity index (χ1v) is 9.01. The normalized spacial score (nSPS) is 9.79. The molecule has 0 unspecified atom stereocenters. The fraction of sp³-hybridized carbons (Fsp3) is 0.111. The van der Waals surface area contributed by atoms with Crippen LogP contribution in [0.1, 0.15) is 6.92 Å². The van der Waals surface area contributed by atoms with Gasteiger partial charge in [0.1, 0.15) is 0 Å². The van der Waals surface area contributed by atoms with E-state index in [4.69, 9.17) is 2.64 Å². The van der Waals surface area contributed by atoms with Gasteiger partial charge in [0.05, 0.1) is 0 Å². The van der Waals surface area contributed by atoms with E-state index in [1.165, 1.54) is 6.92 Å². The molecular weight excluding hydrogens is 369 g/mol. The molecule has 2 rings (SSSR count). The maximum absolute atomic E-state index is 10.7. The zero-order valence-electron chi connectivity index (χ0n) is 7.80. The minimum atomic E-state index is -1.79. The van der Waals surface area contributed by atoms with Crippen molar-refractivity contribution in [1.82, 2.24) is 7.32 Å². The second kappa shape index (κ2) is 4.08. The predicted octanol–water partition coefficient (Wildman–Crippen LogP) is 1.36. The molecule has 1 aromatic carbocycles. The Morgan fingerprint density at radius 1 is 1.50 bits per heavy atom. The average Bonchev–Trinajstić information content (AvgIpc) is 2.58. The molecule has 0 aliphatic rings. The van der Waals surface area contributed by atoms with E-state index in [9.17, 15) is 4.79 Å². The van der Waals surface area contributed by atoms with Gasteiger partial charge in [-0.2, -0.15) is 0 Å². The summed E-state index contributed by atoms with van der Waals surface area (Å²) in [6.07, 6.45) is 1.76. The third kappa shape index (κ3) is 1.95. The van der Waals surface area contributed by atoms with E-state index >= 15 is 0 Å². The van der Waals surface area contributed by atoms with Gasteiger partial charge in [-0.25, -0.2) is 0 Å². The van der Waals surface area contributed by atoms with Crippen LogP contribution in [0, 0.1) is 0 Å². The molecule has 14 heavy (non-hydrogen) atoms. The Labute approximate surface area is 94.4 Å². The van der Waals surface area contributed by atoms with Gasteiger partial charge in [-0.3, -0.25) is 0 Å². The van der Waals surface area contributed by atoms with E-state index in [0.717, 1.165) is 11.0 Å². The summed E-state index contributed by atoms with van der Waals surface area (Å²) in [7, 11) is 0. The third-order valence-corrected chi connectivity index (χ3v) is 7.06. The molecule has 0 amide bonds. The van der Waals surface area contributed by atoms with Gasteiger partial charge in [-0.1, -0.05) is 0 Å². The second-order valence-corrected chi connectivity index (χ2v) is 7.74. The van der Waals surface area contributed by atoms with Gasteiger partial charge in [0.15, 0.2) is 0 Å². The zero-order chi connectivity index (χ0) is 9.97. The Bertz CT molecular complexity index is 467. The summed E-state index contributed by atoms with van der Waals surface area (Å²) in [5, 5.41) is 0. The van der Waals surface area contributed by atoms with Gasteiger partial charge in [0, 0.05) is 0 Å². The molecule has 5 heteroatoms. The van der Waals surface area contributed by atoms with Gasteiger partial charge >= 0.3 is 94.6 Å². The van der Waals surface area contributed by atoms with Crippen LogP contribution in [0.2, 0.25) is 0 Å². The first-order valence-electron chi connectivity index (χ1n) is 4.30. The average molecular weight is 377 g/mol. The Kier molecular flexibility index (Phi) is 2.81. The number of fused-ring (bicyclic) bond motifs is 1. The molecule has 0 aliphatic carbocycles. The Morgan fingerprint density at radius 3 is 3.07 bits per heavy atom. The van der Waals surface area contributed by atoms with Gasteiger partial charge in [0.2, 0.25) is 0 Å². The summed E-state index contributed by atoms with van der Waals surface area (Å²) in [4.78, 5) is 14.9. The van der Waals surface area contributed by atoms with Crippen LogP contribution in [0.25, 0.3) is 11.0 Å². The van der Waals surface area contributed by atoms with Gasteiger partial charge in [-0.05, 0) is 0 Å². The third-order valence-electron chi connectivity index (χ3n) is 1.93. The first-order chi connectivity index (χ1) is 6.77. The SMILES string of the molecule is CC(=O)[O][Hg][n]1cnc2ccccc21. The molecule has 1 heterocycles. The van der Waals surface area contributed by atoms with Crippen molar-refractivity contribution in [3.63, 3.8) is 0 Å². The van der Waals surface area contributed by atoms with Crippen molar-refractivity contribution >= 4 is 17.0 Å². The molecule has 2 aromatic rings. The van der Waals surface area contributed by atoms with Crippen molar-refractivity contribution in [1.29, 1.82) is 0 Å². The molecule has 0 bridgehead atoms. The molecule has 0 saturated carbocycles. The standard InChI is InChI=1S/C7H5N2.C2H4O2.Hg/c1-2-4-7-6(3-1)8-5-9-7;1-2(3)4;/h1-5H;1H3,(H,3,4);/q-1;;+2/p-1. The molecular formula is C9H8HgN2O2. The number of para-hydroxylation sites is 2. The van der Waals surface area contributed by atoms with Crippen LogP contribution >= 0.6 is 0 Å². The second-order valence-electron chi connectivity index (χ2n) is 2.97. The van der Waals surface area contributed by atoms with Crippen molar-refractivity contribution in [3.05, 3.63) is 30.6 Å². The van der Waals surface area contributed by atoms with Crippen LogP contribution < -0.4 is 0 Å². The van der Waals surface area contributed by atoms with Crippen LogP contribution in [0.5, 0.6) is 0 Å². The quantitative estimate of drug-likeness (QED) is 0.743. The number of hydrogen-bond donors (Lipinski definition) is 0. The Hall–Kier alpha value is -0.905. The molecule has 0 N–H and O–H groups in total. The summed E-state index contributed by atoms with van der Waals surface area (Å²) in [6.45, 7) is 1.44. The summed E-state index contributed by atoms with van der Waals surface area (Å²) in [5.74, 6) is -0.190. The van der Waals surface area contributed by atoms with Gasteiger partial charge in [0.25, 0.3) is 0 Å². The number of benzene rings is 1. The molecule has 4 nitrogen and oxygen atoms in total. The number of aromatic nitrogens is 2. The van der Waals surface area contributed by atoms with Crippen LogP contribution in [0.15, 0.2) is 30.6 Å². The molecule has 0 fully saturated rings. The number of carbonyl (C=O) groups is 1. The van der Waals surface area contributed by atoms with Crippen molar-refractivity contribution < 1.29 is 32.8 Å². The monoisotopic (exact) mass is 378 g/mol. The van der Waals surface area contributed by atoms with E-state index in [-0.39, 0.29) is 5.97 Å². The summed E-state index contributed by atoms with van der Waals surface area (Å²) in [5.41, 5.74) is 2.02. The van der Waals surface area contributed by atoms with Gasteiger partial charge < -0.3 is 0 Å². The summed E-state index contributed by atoms with van der Waals surface area (Å²) < 4.78 is 7.11. The van der Waals surface area contributed by atoms with E-state index in [1.54, 1.807) is 6.33 Å². The molecule has 0 atom stereocenters. The van der Waals surface area contributed by atoms with E-state index in [1.807, 2.05) is 26.6 Å². The molecule has 0 saturated heterocycles. The van der Waals surface area contributed by atoms with Crippen molar-refractivity contribution in [3.8, 4) is 0 Å². The number of nitrogens with zero attached hydrogens (tertiary/aromatic N) is 2. The van der Waals surface area contributed by atoms with Crippen LogP contribution in [0.4, 0.5) is 0 Å². The van der Waals surface area contributed by atoms with Crippen LogP contribution in [-0.2, 0) is 32.8 Å². The minimum absolute atomic E-state index is 0.190. The number of carbonyl (C=O) groups excluding carboxylic acids is 1. The predicted molar refractivity (Wildman–Crippen MR) is 46.9 cm³/mol. The van der Waals surface area contributed by atoms with Crippen LogP contribution in [-0.4, -0.2) is 13.3 Å². The Balaban J connectivity index is 2.29. The molecule has 0 aliphatic heterocycles. The maximum atomic E-state index is 10.7. The van der Waals surface area contributed by atoms with E-state index in [0.29, 0.717) is 0 Å². The molecule has 0 spiro atoms. The topological polar surface area (TPSA) is 44.1 Å². The first kappa shape index (κ1) is 9.64. The van der Waals surface area contributed by atoms with Crippen molar-refractivity contribution in [2.45, 2.75) is 6.92 Å². The van der Waals surface area contributed by atoms with Crippen molar-refractivity contribution in [2.75, 3.05) is 0 Å². The van der Waals surface area contributed by atoms with E-state index in [2.05, 4.69) is 4.98 Å². The van der Waals surface area contributed by atoms with Crippen molar-refractivity contribution in [2.24, 2.45) is 0 Å². The van der Waals surface area contributed by atoms with Crippen LogP contribution in [0.3, 0.4) is 0 Å². The molecule has 1 aromatic heterocycles. The van der Waals surface area contributed by atoms with E-state index < -0.39 is 25.3 Å². The van der Waals surface area contributed by atoms with Gasteiger partial charge in [-0.15, -0.1) is 0 Å². The number of hydrogen-bond acceptors (Lipinski definition) is 3. The fourth-order valence-corrected chi connectivity index (χ4v) is 4.68. The molecule has 0 radical (unpaired) electrons. The summed E-state index contributed by atoms with van der Waals surface area (Å²) >= 11 is -1.79.